The molecular formula is C20H18N2O7S. The van der Waals surface area contributed by atoms with Gasteiger partial charge < -0.3 is 20.6 Å². The molecule has 0 saturated carbocycles. The summed E-state index contributed by atoms with van der Waals surface area (Å²) >= 11 is 1.31. The Hall–Kier alpha value is -3.50. The number of anilines is 1. The predicted molar refractivity (Wildman–Crippen MR) is 110 cm³/mol. The first-order valence-corrected chi connectivity index (χ1v) is 9.71. The molecule has 0 aliphatic heterocycles. The molecule has 0 saturated heterocycles. The molecule has 1 unspecified atom stereocenters. The van der Waals surface area contributed by atoms with E-state index in [0.717, 1.165) is 11.0 Å². The van der Waals surface area contributed by atoms with Gasteiger partial charge in [-0.25, -0.2) is 0 Å². The fraction of sp³-hybridized carbons (Fsp3) is 0.200. The summed E-state index contributed by atoms with van der Waals surface area (Å²) in [4.78, 5) is 34.9. The van der Waals surface area contributed by atoms with Crippen LogP contribution in [0.3, 0.4) is 0 Å². The lowest BCUT2D eigenvalue weighted by Gasteiger charge is -2.21. The van der Waals surface area contributed by atoms with E-state index in [1.807, 2.05) is 0 Å². The number of carbonyl (C=O) groups excluding carboxylic acids is 1. The molecule has 3 rings (SSSR count). The molecule has 4 N–H and O–H groups in total. The van der Waals surface area contributed by atoms with Crippen LogP contribution >= 0.6 is 11.3 Å². The van der Waals surface area contributed by atoms with E-state index in [4.69, 9.17) is 5.11 Å². The van der Waals surface area contributed by atoms with Crippen molar-refractivity contribution >= 4 is 28.9 Å². The molecular weight excluding hydrogens is 412 g/mol. The van der Waals surface area contributed by atoms with E-state index in [9.17, 15) is 29.9 Å². The first kappa shape index (κ1) is 21.2. The largest absolute Gasteiger partial charge is 0.504 e. The number of rotatable bonds is 7. The highest BCUT2D eigenvalue weighted by atomic mass is 32.1. The first-order valence-electron chi connectivity index (χ1n) is 8.89. The number of carbonyl (C=O) groups is 2. The van der Waals surface area contributed by atoms with E-state index in [-0.39, 0.29) is 12.8 Å². The summed E-state index contributed by atoms with van der Waals surface area (Å²) in [6.07, 6.45) is 0.561. The quantitative estimate of drug-likeness (QED) is 0.389. The van der Waals surface area contributed by atoms with Crippen LogP contribution in [0.25, 0.3) is 10.4 Å². The molecule has 0 fully saturated rings. The molecule has 1 heterocycles. The molecule has 1 amide bonds. The summed E-state index contributed by atoms with van der Waals surface area (Å²) in [7, 11) is 0. The highest BCUT2D eigenvalue weighted by Gasteiger charge is 2.33. The molecule has 10 heteroatoms. The second kappa shape index (κ2) is 8.89. The van der Waals surface area contributed by atoms with Gasteiger partial charge in [0.1, 0.15) is 6.10 Å². The first-order chi connectivity index (χ1) is 14.3. The number of aliphatic hydroxyl groups excluding tert-OH is 2. The summed E-state index contributed by atoms with van der Waals surface area (Å²) < 4.78 is 0. The summed E-state index contributed by atoms with van der Waals surface area (Å²) in [6.45, 7) is 0. The Morgan fingerprint density at radius 2 is 1.93 bits per heavy atom. The molecule has 9 nitrogen and oxygen atoms in total. The zero-order valence-electron chi connectivity index (χ0n) is 15.5. The van der Waals surface area contributed by atoms with Crippen LogP contribution in [0.15, 0.2) is 60.0 Å². The fourth-order valence-corrected chi connectivity index (χ4v) is 4.12. The van der Waals surface area contributed by atoms with Crippen LogP contribution in [0.2, 0.25) is 0 Å². The lowest BCUT2D eigenvalue weighted by Crippen LogP contribution is -2.30. The molecule has 1 aromatic carbocycles. The average Bonchev–Trinajstić information content (AvgIpc) is 3.13. The van der Waals surface area contributed by atoms with Crippen LogP contribution in [0, 0.1) is 16.0 Å². The van der Waals surface area contributed by atoms with Crippen molar-refractivity contribution in [3.63, 3.8) is 0 Å². The highest BCUT2D eigenvalue weighted by Crippen LogP contribution is 2.34. The lowest BCUT2D eigenvalue weighted by atomic mass is 9.91. The number of amides is 1. The molecule has 1 aliphatic carbocycles. The molecule has 30 heavy (non-hydrogen) atoms. The zero-order chi connectivity index (χ0) is 21.8. The Morgan fingerprint density at radius 3 is 2.63 bits per heavy atom. The molecule has 0 bridgehead atoms. The van der Waals surface area contributed by atoms with Crippen molar-refractivity contribution in [2.24, 2.45) is 5.92 Å². The number of nitro groups is 1. The van der Waals surface area contributed by atoms with Gasteiger partial charge in [-0.05, 0) is 18.2 Å². The molecule has 1 aliphatic rings. The molecule has 0 radical (unpaired) electrons. The normalized spacial score (nSPS) is 18.3. The summed E-state index contributed by atoms with van der Waals surface area (Å²) in [5, 5.41) is 42.4. The standard InChI is InChI=1S/C20H18N2O7S/c23-17(9-11-5-7-15(22(28)29)20(27)19(11)26)21-14-4-2-1-3-13(14)16-8-6-12(30-16)10-18(24)25/h1-8,11,19,26-27H,9-10H2,(H,21,23)(H,24,25)/t11?,19-/m0/s1. The Balaban J connectivity index is 1.73. The smallest absolute Gasteiger partial charge is 0.308 e. The third-order valence-corrected chi connectivity index (χ3v) is 5.64. The van der Waals surface area contributed by atoms with Gasteiger partial charge in [0.15, 0.2) is 0 Å². The van der Waals surface area contributed by atoms with Gasteiger partial charge in [0.2, 0.25) is 11.7 Å². The molecule has 0 spiro atoms. The maximum atomic E-state index is 12.5. The minimum absolute atomic E-state index is 0.0890. The molecule has 2 aromatic rings. The van der Waals surface area contributed by atoms with Gasteiger partial charge in [-0.15, -0.1) is 11.3 Å². The van der Waals surface area contributed by atoms with Crippen LogP contribution in [-0.2, 0) is 16.0 Å². The Kier molecular flexibility index (Phi) is 6.28. The van der Waals surface area contributed by atoms with Crippen molar-refractivity contribution in [3.8, 4) is 10.4 Å². The molecule has 1 aromatic heterocycles. The third kappa shape index (κ3) is 4.73. The summed E-state index contributed by atoms with van der Waals surface area (Å²) in [5.41, 5.74) is 0.621. The number of carboxylic acids is 1. The van der Waals surface area contributed by atoms with Gasteiger partial charge in [0, 0.05) is 39.4 Å². The van der Waals surface area contributed by atoms with E-state index >= 15 is 0 Å². The Labute approximate surface area is 174 Å². The van der Waals surface area contributed by atoms with Crippen molar-refractivity contribution in [3.05, 3.63) is 75.0 Å². The predicted octanol–water partition coefficient (Wildman–Crippen LogP) is 2.96. The van der Waals surface area contributed by atoms with Gasteiger partial charge in [0.05, 0.1) is 11.3 Å². The van der Waals surface area contributed by atoms with Crippen molar-refractivity contribution in [1.82, 2.24) is 0 Å². The van der Waals surface area contributed by atoms with Crippen LogP contribution < -0.4 is 5.32 Å². The van der Waals surface area contributed by atoms with Gasteiger partial charge in [-0.1, -0.05) is 24.3 Å². The number of thiophene rings is 1. The number of carboxylic acid groups (broad SMARTS) is 1. The van der Waals surface area contributed by atoms with Gasteiger partial charge in [-0.2, -0.15) is 0 Å². The van der Waals surface area contributed by atoms with E-state index in [2.05, 4.69) is 5.32 Å². The second-order valence-electron chi connectivity index (χ2n) is 6.63. The number of para-hydroxylation sites is 1. The number of nitrogens with one attached hydrogen (secondary N) is 1. The fourth-order valence-electron chi connectivity index (χ4n) is 3.08. The second-order valence-corrected chi connectivity index (χ2v) is 7.80. The van der Waals surface area contributed by atoms with Gasteiger partial charge >= 0.3 is 11.7 Å². The monoisotopic (exact) mass is 430 g/mol. The van der Waals surface area contributed by atoms with Gasteiger partial charge in [0.25, 0.3) is 0 Å². The van der Waals surface area contributed by atoms with Crippen molar-refractivity contribution < 1.29 is 29.8 Å². The number of nitrogens with zero attached hydrogens (tertiary/aromatic N) is 1. The number of aliphatic carboxylic acids is 1. The average molecular weight is 430 g/mol. The van der Waals surface area contributed by atoms with Gasteiger partial charge in [-0.3, -0.25) is 19.7 Å². The van der Waals surface area contributed by atoms with Crippen LogP contribution in [0.4, 0.5) is 5.69 Å². The van der Waals surface area contributed by atoms with Crippen molar-refractivity contribution in [2.45, 2.75) is 18.9 Å². The Bertz CT molecular complexity index is 1060. The van der Waals surface area contributed by atoms with E-state index in [0.29, 0.717) is 16.1 Å². The Morgan fingerprint density at radius 1 is 1.20 bits per heavy atom. The summed E-state index contributed by atoms with van der Waals surface area (Å²) in [6, 6.07) is 10.5. The van der Waals surface area contributed by atoms with Crippen LogP contribution in [0.5, 0.6) is 0 Å². The minimum Gasteiger partial charge on any atom is -0.504 e. The van der Waals surface area contributed by atoms with Crippen LogP contribution in [-0.4, -0.2) is 38.2 Å². The third-order valence-electron chi connectivity index (χ3n) is 4.52. The van der Waals surface area contributed by atoms with E-state index in [1.165, 1.54) is 17.4 Å². The zero-order valence-corrected chi connectivity index (χ0v) is 16.3. The number of benzene rings is 1. The summed E-state index contributed by atoms with van der Waals surface area (Å²) in [5.74, 6) is -2.97. The maximum absolute atomic E-state index is 12.5. The van der Waals surface area contributed by atoms with E-state index < -0.39 is 40.3 Å². The minimum atomic E-state index is -1.55. The number of aliphatic hydroxyl groups is 2. The maximum Gasteiger partial charge on any atom is 0.308 e. The topological polar surface area (TPSA) is 150 Å². The highest BCUT2D eigenvalue weighted by molar-refractivity contribution is 7.15. The number of allylic oxidation sites excluding steroid dienone is 1. The van der Waals surface area contributed by atoms with Crippen molar-refractivity contribution in [2.75, 3.05) is 5.32 Å². The SMILES string of the molecule is O=C(O)Cc1ccc(-c2ccccc2NC(=O)CC2C=CC([N+](=O)[O-])=C(O)[C@H]2O)s1. The van der Waals surface area contributed by atoms with E-state index in [1.54, 1.807) is 36.4 Å². The molecule has 156 valence electrons. The lowest BCUT2D eigenvalue weighted by molar-refractivity contribution is -0.423. The number of hydrogen-bond acceptors (Lipinski definition) is 7. The van der Waals surface area contributed by atoms with Crippen molar-refractivity contribution in [1.29, 1.82) is 0 Å². The van der Waals surface area contributed by atoms with Crippen LogP contribution in [0.1, 0.15) is 11.3 Å². The molecule has 2 atom stereocenters. The number of hydrogen-bond donors (Lipinski definition) is 4.